The van der Waals surface area contributed by atoms with Crippen molar-refractivity contribution in [2.75, 3.05) is 39.3 Å². The summed E-state index contributed by atoms with van der Waals surface area (Å²) >= 11 is 0. The summed E-state index contributed by atoms with van der Waals surface area (Å²) in [5, 5.41) is 4.29. The predicted octanol–water partition coefficient (Wildman–Crippen LogP) is 4.91. The zero-order chi connectivity index (χ0) is 26.5. The van der Waals surface area contributed by atoms with Crippen molar-refractivity contribution in [1.82, 2.24) is 19.7 Å². The summed E-state index contributed by atoms with van der Waals surface area (Å²) in [5.74, 6) is 0.610. The van der Waals surface area contributed by atoms with Crippen molar-refractivity contribution < 1.29 is 14.0 Å². The topological polar surface area (TPSA) is 57.6 Å². The fourth-order valence-corrected chi connectivity index (χ4v) is 5.96. The Kier molecular flexibility index (Phi) is 8.42. The molecule has 2 aliphatic heterocycles. The zero-order valence-electron chi connectivity index (χ0n) is 22.3. The molecule has 1 unspecified atom stereocenters. The number of carbonyl (C=O) groups excluding carboxylic acids is 2. The minimum Gasteiger partial charge on any atom is -0.356 e. The van der Waals surface area contributed by atoms with Gasteiger partial charge in [0.2, 0.25) is 11.8 Å². The standard InChI is InChI=1S/C31H39FN4O2/c1-23(37)35-16-9-24(10-17-35)21-33-31(38)20-25-7-8-27-11-18-36(30(27)19-25)28-12-14-34(15-13-28)22-29(32)26-5-3-2-4-6-26/h2-8,11,18-19,24,28-29H,9-10,12-17,20-22H2,1H3,(H,33,38). The van der Waals surface area contributed by atoms with E-state index in [0.29, 0.717) is 31.5 Å². The van der Waals surface area contributed by atoms with E-state index in [1.54, 1.807) is 6.92 Å². The Labute approximate surface area is 224 Å². The van der Waals surface area contributed by atoms with E-state index in [2.05, 4.69) is 39.2 Å². The molecule has 7 heteroatoms. The highest BCUT2D eigenvalue weighted by atomic mass is 19.1. The van der Waals surface area contributed by atoms with E-state index in [4.69, 9.17) is 0 Å². The molecule has 2 aliphatic rings. The quantitative estimate of drug-likeness (QED) is 0.461. The summed E-state index contributed by atoms with van der Waals surface area (Å²) in [6, 6.07) is 18.3. The van der Waals surface area contributed by atoms with Crippen LogP contribution in [0.4, 0.5) is 4.39 Å². The summed E-state index contributed by atoms with van der Waals surface area (Å²) in [6.07, 6.45) is 5.42. The van der Waals surface area contributed by atoms with E-state index >= 15 is 0 Å². The van der Waals surface area contributed by atoms with Crippen molar-refractivity contribution in [3.8, 4) is 0 Å². The Hall–Kier alpha value is -3.19. The van der Waals surface area contributed by atoms with Gasteiger partial charge in [-0.15, -0.1) is 0 Å². The molecule has 0 aliphatic carbocycles. The van der Waals surface area contributed by atoms with Gasteiger partial charge in [-0.05, 0) is 60.2 Å². The third-order valence-corrected chi connectivity index (χ3v) is 8.33. The van der Waals surface area contributed by atoms with E-state index in [0.717, 1.165) is 68.5 Å². The van der Waals surface area contributed by atoms with Gasteiger partial charge in [-0.25, -0.2) is 4.39 Å². The second kappa shape index (κ2) is 12.1. The number of halogens is 1. The Morgan fingerprint density at radius 1 is 0.974 bits per heavy atom. The normalized spacial score (nSPS) is 18.5. The maximum absolute atomic E-state index is 14.8. The molecule has 2 aromatic carbocycles. The number of nitrogens with zero attached hydrogens (tertiary/aromatic N) is 3. The van der Waals surface area contributed by atoms with Gasteiger partial charge in [-0.1, -0.05) is 42.5 Å². The van der Waals surface area contributed by atoms with Gasteiger partial charge in [0.15, 0.2) is 0 Å². The number of hydrogen-bond donors (Lipinski definition) is 1. The molecule has 38 heavy (non-hydrogen) atoms. The minimum atomic E-state index is -0.956. The highest BCUT2D eigenvalue weighted by Crippen LogP contribution is 2.30. The van der Waals surface area contributed by atoms with E-state index in [1.165, 1.54) is 5.39 Å². The lowest BCUT2D eigenvalue weighted by Crippen LogP contribution is -2.40. The lowest BCUT2D eigenvalue weighted by Gasteiger charge is -2.34. The maximum Gasteiger partial charge on any atom is 0.224 e. The summed E-state index contributed by atoms with van der Waals surface area (Å²) in [5.41, 5.74) is 2.93. The number of alkyl halides is 1. The average molecular weight is 519 g/mol. The van der Waals surface area contributed by atoms with Crippen molar-refractivity contribution in [3.63, 3.8) is 0 Å². The predicted molar refractivity (Wildman–Crippen MR) is 149 cm³/mol. The van der Waals surface area contributed by atoms with Gasteiger partial charge >= 0.3 is 0 Å². The molecule has 3 heterocycles. The number of likely N-dealkylation sites (tertiary alicyclic amines) is 2. The molecule has 1 atom stereocenters. The third kappa shape index (κ3) is 6.44. The van der Waals surface area contributed by atoms with Gasteiger partial charge in [0.05, 0.1) is 6.42 Å². The fourth-order valence-electron chi connectivity index (χ4n) is 5.96. The molecule has 1 aromatic heterocycles. The Morgan fingerprint density at radius 2 is 1.71 bits per heavy atom. The summed E-state index contributed by atoms with van der Waals surface area (Å²) < 4.78 is 17.1. The molecule has 0 saturated carbocycles. The smallest absolute Gasteiger partial charge is 0.224 e. The molecular weight excluding hydrogens is 479 g/mol. The van der Waals surface area contributed by atoms with Crippen LogP contribution < -0.4 is 5.32 Å². The highest BCUT2D eigenvalue weighted by molar-refractivity contribution is 5.84. The SMILES string of the molecule is CC(=O)N1CCC(CNC(=O)Cc2ccc3ccn(C4CCN(CC(F)c5ccccc5)CC4)c3c2)CC1. The molecule has 202 valence electrons. The molecule has 0 radical (unpaired) electrons. The molecule has 0 spiro atoms. The average Bonchev–Trinajstić information content (AvgIpc) is 3.36. The fraction of sp³-hybridized carbons (Fsp3) is 0.484. The van der Waals surface area contributed by atoms with E-state index in [1.807, 2.05) is 41.3 Å². The van der Waals surface area contributed by atoms with Gasteiger partial charge in [-0.2, -0.15) is 0 Å². The van der Waals surface area contributed by atoms with Crippen LogP contribution >= 0.6 is 0 Å². The van der Waals surface area contributed by atoms with Crippen LogP contribution in [0.1, 0.15) is 55.9 Å². The van der Waals surface area contributed by atoms with E-state index in [9.17, 15) is 14.0 Å². The van der Waals surface area contributed by atoms with Crippen LogP contribution in [0.2, 0.25) is 0 Å². The van der Waals surface area contributed by atoms with Crippen LogP contribution in [-0.4, -0.2) is 65.4 Å². The highest BCUT2D eigenvalue weighted by Gasteiger charge is 2.24. The first-order chi connectivity index (χ1) is 18.5. The number of amides is 2. The number of carbonyl (C=O) groups is 2. The summed E-state index contributed by atoms with van der Waals surface area (Å²) in [7, 11) is 0. The molecule has 5 rings (SSSR count). The molecule has 2 saturated heterocycles. The number of rotatable bonds is 8. The number of nitrogens with one attached hydrogen (secondary N) is 1. The van der Waals surface area contributed by atoms with E-state index < -0.39 is 6.17 Å². The maximum atomic E-state index is 14.8. The second-order valence-electron chi connectivity index (χ2n) is 11.0. The zero-order valence-corrected chi connectivity index (χ0v) is 22.3. The minimum absolute atomic E-state index is 0.0453. The number of fused-ring (bicyclic) bond motifs is 1. The monoisotopic (exact) mass is 518 g/mol. The second-order valence-corrected chi connectivity index (χ2v) is 11.0. The van der Waals surface area contributed by atoms with E-state index in [-0.39, 0.29) is 11.8 Å². The number of hydrogen-bond acceptors (Lipinski definition) is 3. The van der Waals surface area contributed by atoms with Crippen molar-refractivity contribution >= 4 is 22.7 Å². The van der Waals surface area contributed by atoms with Gasteiger partial charge < -0.3 is 14.8 Å². The molecule has 3 aromatic rings. The first-order valence-electron chi connectivity index (χ1n) is 14.0. The first-order valence-corrected chi connectivity index (χ1v) is 14.0. The Bertz CT molecular complexity index is 1230. The number of benzene rings is 2. The largest absolute Gasteiger partial charge is 0.356 e. The van der Waals surface area contributed by atoms with Crippen LogP contribution in [0.15, 0.2) is 60.8 Å². The van der Waals surface area contributed by atoms with Gasteiger partial charge in [0, 0.05) is 63.9 Å². The molecule has 2 amide bonds. The van der Waals surface area contributed by atoms with Crippen LogP contribution in [0.5, 0.6) is 0 Å². The molecule has 2 fully saturated rings. The van der Waals surface area contributed by atoms with Crippen molar-refractivity contribution in [3.05, 3.63) is 71.9 Å². The van der Waals surface area contributed by atoms with Crippen LogP contribution in [0, 0.1) is 5.92 Å². The molecule has 6 nitrogen and oxygen atoms in total. The summed E-state index contributed by atoms with van der Waals surface area (Å²) in [4.78, 5) is 28.3. The number of aromatic nitrogens is 1. The van der Waals surface area contributed by atoms with Crippen molar-refractivity contribution in [2.24, 2.45) is 5.92 Å². The molecule has 1 N–H and O–H groups in total. The van der Waals surface area contributed by atoms with Crippen molar-refractivity contribution in [2.45, 2.75) is 51.2 Å². The molecule has 0 bridgehead atoms. The first kappa shape index (κ1) is 26.4. The Balaban J connectivity index is 1.13. The Morgan fingerprint density at radius 3 is 2.42 bits per heavy atom. The lowest BCUT2D eigenvalue weighted by atomic mass is 9.96. The number of piperidine rings is 2. The van der Waals surface area contributed by atoms with Crippen LogP contribution in [-0.2, 0) is 16.0 Å². The van der Waals surface area contributed by atoms with Gasteiger partial charge in [-0.3, -0.25) is 14.5 Å². The van der Waals surface area contributed by atoms with Gasteiger partial charge in [0.25, 0.3) is 0 Å². The van der Waals surface area contributed by atoms with Gasteiger partial charge in [0.1, 0.15) is 6.17 Å². The van der Waals surface area contributed by atoms with Crippen LogP contribution in [0.3, 0.4) is 0 Å². The van der Waals surface area contributed by atoms with Crippen LogP contribution in [0.25, 0.3) is 10.9 Å². The molecular formula is C31H39FN4O2. The third-order valence-electron chi connectivity index (χ3n) is 8.33. The lowest BCUT2D eigenvalue weighted by molar-refractivity contribution is -0.130. The van der Waals surface area contributed by atoms with Crippen molar-refractivity contribution in [1.29, 1.82) is 0 Å². The summed E-state index contributed by atoms with van der Waals surface area (Å²) in [6.45, 7) is 6.06.